The molecule has 1 aromatic heterocycles. The summed E-state index contributed by atoms with van der Waals surface area (Å²) in [5.41, 5.74) is 0.751. The molecule has 1 heterocycles. The predicted octanol–water partition coefficient (Wildman–Crippen LogP) is 1.36. The van der Waals surface area contributed by atoms with Crippen molar-refractivity contribution in [1.29, 1.82) is 0 Å². The van der Waals surface area contributed by atoms with Crippen LogP contribution < -0.4 is 5.56 Å². The van der Waals surface area contributed by atoms with Crippen molar-refractivity contribution >= 4 is 23.3 Å². The number of para-hydroxylation sites is 1. The SMILES string of the molecule is Cl.Cn1cnc2ccccc2c1=O. The highest BCUT2D eigenvalue weighted by molar-refractivity contribution is 5.85. The van der Waals surface area contributed by atoms with Crippen molar-refractivity contribution in [3.8, 4) is 0 Å². The summed E-state index contributed by atoms with van der Waals surface area (Å²) in [6.45, 7) is 0. The van der Waals surface area contributed by atoms with Gasteiger partial charge < -0.3 is 4.57 Å². The van der Waals surface area contributed by atoms with Gasteiger partial charge in [-0.2, -0.15) is 0 Å². The number of nitrogens with zero attached hydrogens (tertiary/aromatic N) is 2. The van der Waals surface area contributed by atoms with Crippen LogP contribution in [0.2, 0.25) is 0 Å². The number of halogens is 1. The van der Waals surface area contributed by atoms with Crippen molar-refractivity contribution < 1.29 is 0 Å². The minimum Gasteiger partial charge on any atom is -0.302 e. The molecule has 0 aliphatic heterocycles. The zero-order valence-electron chi connectivity index (χ0n) is 7.10. The van der Waals surface area contributed by atoms with Gasteiger partial charge in [0.2, 0.25) is 0 Å². The summed E-state index contributed by atoms with van der Waals surface area (Å²) in [7, 11) is 1.70. The minimum absolute atomic E-state index is 0. The van der Waals surface area contributed by atoms with Crippen LogP contribution in [0.15, 0.2) is 35.4 Å². The number of aromatic nitrogens is 2. The van der Waals surface area contributed by atoms with Crippen LogP contribution >= 0.6 is 12.4 Å². The zero-order valence-corrected chi connectivity index (χ0v) is 7.91. The summed E-state index contributed by atoms with van der Waals surface area (Å²) >= 11 is 0. The van der Waals surface area contributed by atoms with E-state index in [9.17, 15) is 4.79 Å². The lowest BCUT2D eigenvalue weighted by Gasteiger charge is -1.97. The molecule has 4 heteroatoms. The van der Waals surface area contributed by atoms with Gasteiger partial charge in [-0.15, -0.1) is 12.4 Å². The number of fused-ring (bicyclic) bond motifs is 1. The normalized spacial score (nSPS) is 9.62. The van der Waals surface area contributed by atoms with E-state index in [1.54, 1.807) is 13.1 Å². The molecule has 0 saturated heterocycles. The van der Waals surface area contributed by atoms with Crippen LogP contribution in [-0.4, -0.2) is 9.55 Å². The third-order valence-electron chi connectivity index (χ3n) is 1.82. The second-order valence-electron chi connectivity index (χ2n) is 2.68. The Morgan fingerprint density at radius 1 is 1.31 bits per heavy atom. The molecule has 2 aromatic rings. The van der Waals surface area contributed by atoms with Crippen LogP contribution in [0.4, 0.5) is 0 Å². The quantitative estimate of drug-likeness (QED) is 0.638. The molecule has 0 amide bonds. The fraction of sp³-hybridized carbons (Fsp3) is 0.111. The first-order valence-electron chi connectivity index (χ1n) is 3.69. The molecule has 0 aliphatic rings. The Bertz CT molecular complexity index is 478. The Morgan fingerprint density at radius 3 is 2.77 bits per heavy atom. The highest BCUT2D eigenvalue weighted by Gasteiger charge is 1.97. The van der Waals surface area contributed by atoms with Crippen molar-refractivity contribution in [2.45, 2.75) is 0 Å². The summed E-state index contributed by atoms with van der Waals surface area (Å²) in [4.78, 5) is 15.6. The molecule has 0 aliphatic carbocycles. The van der Waals surface area contributed by atoms with Gasteiger partial charge in [0.25, 0.3) is 5.56 Å². The lowest BCUT2D eigenvalue weighted by atomic mass is 10.2. The lowest BCUT2D eigenvalue weighted by molar-refractivity contribution is 0.843. The van der Waals surface area contributed by atoms with Crippen molar-refractivity contribution in [3.63, 3.8) is 0 Å². The first-order valence-corrected chi connectivity index (χ1v) is 3.69. The van der Waals surface area contributed by atoms with Gasteiger partial charge in [0, 0.05) is 7.05 Å². The van der Waals surface area contributed by atoms with Crippen molar-refractivity contribution in [1.82, 2.24) is 9.55 Å². The van der Waals surface area contributed by atoms with Gasteiger partial charge in [0.05, 0.1) is 17.2 Å². The van der Waals surface area contributed by atoms with E-state index in [0.29, 0.717) is 5.39 Å². The van der Waals surface area contributed by atoms with Gasteiger partial charge in [-0.05, 0) is 12.1 Å². The van der Waals surface area contributed by atoms with E-state index in [-0.39, 0.29) is 18.0 Å². The van der Waals surface area contributed by atoms with Crippen LogP contribution in [0.25, 0.3) is 10.9 Å². The van der Waals surface area contributed by atoms with Gasteiger partial charge >= 0.3 is 0 Å². The van der Waals surface area contributed by atoms with E-state index in [0.717, 1.165) is 5.52 Å². The average Bonchev–Trinajstić information content (AvgIpc) is 2.12. The summed E-state index contributed by atoms with van der Waals surface area (Å²) in [5.74, 6) is 0. The average molecular weight is 197 g/mol. The smallest absolute Gasteiger partial charge is 0.260 e. The maximum atomic E-state index is 11.5. The molecular formula is C9H9ClN2O. The Kier molecular flexibility index (Phi) is 2.68. The van der Waals surface area contributed by atoms with Gasteiger partial charge in [-0.3, -0.25) is 4.79 Å². The standard InChI is InChI=1S/C9H8N2O.ClH/c1-11-6-10-8-5-3-2-4-7(8)9(11)12;/h2-6H,1H3;1H. The number of hydrogen-bond acceptors (Lipinski definition) is 2. The third-order valence-corrected chi connectivity index (χ3v) is 1.82. The first-order chi connectivity index (χ1) is 5.79. The summed E-state index contributed by atoms with van der Waals surface area (Å²) in [5, 5.41) is 0.669. The highest BCUT2D eigenvalue weighted by Crippen LogP contribution is 2.03. The molecule has 0 radical (unpaired) electrons. The van der Waals surface area contributed by atoms with E-state index < -0.39 is 0 Å². The minimum atomic E-state index is 0. The van der Waals surface area contributed by atoms with E-state index >= 15 is 0 Å². The largest absolute Gasteiger partial charge is 0.302 e. The third kappa shape index (κ3) is 1.55. The molecule has 0 bridgehead atoms. The molecule has 2 rings (SSSR count). The fourth-order valence-electron chi connectivity index (χ4n) is 1.16. The molecule has 0 atom stereocenters. The monoisotopic (exact) mass is 196 g/mol. The summed E-state index contributed by atoms with van der Waals surface area (Å²) in [6, 6.07) is 7.32. The Morgan fingerprint density at radius 2 is 2.00 bits per heavy atom. The van der Waals surface area contributed by atoms with Crippen molar-refractivity contribution in [2.75, 3.05) is 0 Å². The zero-order chi connectivity index (χ0) is 8.55. The lowest BCUT2D eigenvalue weighted by Crippen LogP contribution is -2.16. The fourth-order valence-corrected chi connectivity index (χ4v) is 1.16. The van der Waals surface area contributed by atoms with Crippen LogP contribution in [0, 0.1) is 0 Å². The van der Waals surface area contributed by atoms with Crippen LogP contribution in [0.3, 0.4) is 0 Å². The predicted molar refractivity (Wildman–Crippen MR) is 54.2 cm³/mol. The van der Waals surface area contributed by atoms with E-state index in [1.165, 1.54) is 10.9 Å². The molecule has 0 fully saturated rings. The molecule has 0 saturated carbocycles. The first kappa shape index (κ1) is 9.74. The van der Waals surface area contributed by atoms with Gasteiger partial charge in [-0.25, -0.2) is 4.98 Å². The topological polar surface area (TPSA) is 34.9 Å². The molecule has 13 heavy (non-hydrogen) atoms. The van der Waals surface area contributed by atoms with Gasteiger partial charge in [0.15, 0.2) is 0 Å². The van der Waals surface area contributed by atoms with E-state index in [1.807, 2.05) is 18.2 Å². The Balaban J connectivity index is 0.000000845. The Labute approximate surface area is 81.4 Å². The van der Waals surface area contributed by atoms with Crippen LogP contribution in [0.1, 0.15) is 0 Å². The number of benzene rings is 1. The molecule has 1 aromatic carbocycles. The van der Waals surface area contributed by atoms with E-state index in [4.69, 9.17) is 0 Å². The number of aryl methyl sites for hydroxylation is 1. The molecular weight excluding hydrogens is 188 g/mol. The van der Waals surface area contributed by atoms with E-state index in [2.05, 4.69) is 4.98 Å². The van der Waals surface area contributed by atoms with Gasteiger partial charge in [0.1, 0.15) is 0 Å². The number of hydrogen-bond donors (Lipinski definition) is 0. The maximum Gasteiger partial charge on any atom is 0.260 e. The second-order valence-corrected chi connectivity index (χ2v) is 2.68. The second kappa shape index (κ2) is 3.58. The van der Waals surface area contributed by atoms with Gasteiger partial charge in [-0.1, -0.05) is 12.1 Å². The van der Waals surface area contributed by atoms with Crippen LogP contribution in [0.5, 0.6) is 0 Å². The van der Waals surface area contributed by atoms with Crippen molar-refractivity contribution in [3.05, 3.63) is 40.9 Å². The highest BCUT2D eigenvalue weighted by atomic mass is 35.5. The molecule has 0 spiro atoms. The van der Waals surface area contributed by atoms with Crippen LogP contribution in [-0.2, 0) is 7.05 Å². The Hall–Kier alpha value is -1.35. The summed E-state index contributed by atoms with van der Waals surface area (Å²) < 4.78 is 1.47. The molecule has 3 nitrogen and oxygen atoms in total. The maximum absolute atomic E-state index is 11.5. The van der Waals surface area contributed by atoms with Crippen molar-refractivity contribution in [2.24, 2.45) is 7.05 Å². The molecule has 0 unspecified atom stereocenters. The molecule has 68 valence electrons. The summed E-state index contributed by atoms with van der Waals surface area (Å²) in [6.07, 6.45) is 1.53. The number of rotatable bonds is 0. The molecule has 0 N–H and O–H groups in total.